The molecule has 1 aliphatic rings. The van der Waals surface area contributed by atoms with E-state index in [0.717, 1.165) is 26.2 Å². The van der Waals surface area contributed by atoms with Crippen LogP contribution in [-0.2, 0) is 4.74 Å². The Kier molecular flexibility index (Phi) is 4.84. The summed E-state index contributed by atoms with van der Waals surface area (Å²) in [5.74, 6) is 0.291. The summed E-state index contributed by atoms with van der Waals surface area (Å²) < 4.78 is 5.37. The van der Waals surface area contributed by atoms with Crippen LogP contribution in [0.5, 0.6) is 0 Å². The van der Waals surface area contributed by atoms with E-state index in [0.29, 0.717) is 24.3 Å². The van der Waals surface area contributed by atoms with Crippen LogP contribution in [0.4, 0.5) is 0 Å². The van der Waals surface area contributed by atoms with Crippen molar-refractivity contribution in [1.29, 1.82) is 0 Å². The standard InChI is InChI=1S/C10H21N3O2/c1-8(2)13(5-3-10(11)12-14)9-4-6-15-7-9/h8-9,14H,3-7H2,1-2H3,(H2,11,12). The molecule has 1 heterocycles. The molecule has 0 aromatic rings. The Morgan fingerprint density at radius 1 is 1.67 bits per heavy atom. The Morgan fingerprint density at radius 2 is 2.40 bits per heavy atom. The van der Waals surface area contributed by atoms with Crippen molar-refractivity contribution in [1.82, 2.24) is 4.90 Å². The predicted molar refractivity (Wildman–Crippen MR) is 59.1 cm³/mol. The van der Waals surface area contributed by atoms with Crippen LogP contribution in [0.15, 0.2) is 5.16 Å². The van der Waals surface area contributed by atoms with Gasteiger partial charge in [-0.15, -0.1) is 0 Å². The number of nitrogens with zero attached hydrogens (tertiary/aromatic N) is 2. The average molecular weight is 215 g/mol. The minimum Gasteiger partial charge on any atom is -0.409 e. The van der Waals surface area contributed by atoms with Gasteiger partial charge in [0.05, 0.1) is 6.61 Å². The Hall–Kier alpha value is -0.810. The highest BCUT2D eigenvalue weighted by atomic mass is 16.5. The topological polar surface area (TPSA) is 71.1 Å². The summed E-state index contributed by atoms with van der Waals surface area (Å²) in [6.07, 6.45) is 1.68. The summed E-state index contributed by atoms with van der Waals surface area (Å²) in [6.45, 7) is 6.78. The van der Waals surface area contributed by atoms with E-state index in [9.17, 15) is 0 Å². The minimum atomic E-state index is 0.291. The zero-order valence-corrected chi connectivity index (χ0v) is 9.52. The number of nitrogens with two attached hydrogens (primary N) is 1. The van der Waals surface area contributed by atoms with Gasteiger partial charge in [0.25, 0.3) is 0 Å². The molecule has 0 amide bonds. The van der Waals surface area contributed by atoms with Gasteiger partial charge < -0.3 is 15.7 Å². The van der Waals surface area contributed by atoms with Gasteiger partial charge in [-0.3, -0.25) is 4.90 Å². The molecule has 1 fully saturated rings. The number of hydrogen-bond donors (Lipinski definition) is 2. The minimum absolute atomic E-state index is 0.291. The fraction of sp³-hybridized carbons (Fsp3) is 0.900. The molecule has 1 aliphatic heterocycles. The molecule has 0 aromatic carbocycles. The zero-order chi connectivity index (χ0) is 11.3. The number of ether oxygens (including phenoxy) is 1. The number of oxime groups is 1. The lowest BCUT2D eigenvalue weighted by atomic mass is 10.1. The van der Waals surface area contributed by atoms with Gasteiger partial charge in [-0.25, -0.2) is 0 Å². The van der Waals surface area contributed by atoms with Crippen molar-refractivity contribution >= 4 is 5.84 Å². The summed E-state index contributed by atoms with van der Waals surface area (Å²) in [7, 11) is 0. The largest absolute Gasteiger partial charge is 0.409 e. The van der Waals surface area contributed by atoms with E-state index in [-0.39, 0.29) is 0 Å². The van der Waals surface area contributed by atoms with Crippen LogP contribution < -0.4 is 5.73 Å². The van der Waals surface area contributed by atoms with Crippen LogP contribution in [-0.4, -0.2) is 47.8 Å². The summed E-state index contributed by atoms with van der Waals surface area (Å²) in [5, 5.41) is 11.5. The Bertz CT molecular complexity index is 213. The van der Waals surface area contributed by atoms with E-state index in [1.54, 1.807) is 0 Å². The molecule has 0 saturated carbocycles. The first-order chi connectivity index (χ1) is 7.15. The molecule has 1 atom stereocenters. The number of rotatable bonds is 5. The molecule has 3 N–H and O–H groups in total. The lowest BCUT2D eigenvalue weighted by Crippen LogP contribution is -2.42. The van der Waals surface area contributed by atoms with Gasteiger partial charge in [-0.2, -0.15) is 0 Å². The monoisotopic (exact) mass is 215 g/mol. The molecule has 0 bridgehead atoms. The van der Waals surface area contributed by atoms with Crippen molar-refractivity contribution in [2.45, 2.75) is 38.8 Å². The number of amidine groups is 1. The molecule has 15 heavy (non-hydrogen) atoms. The van der Waals surface area contributed by atoms with E-state index >= 15 is 0 Å². The Morgan fingerprint density at radius 3 is 2.87 bits per heavy atom. The van der Waals surface area contributed by atoms with Crippen LogP contribution in [0.25, 0.3) is 0 Å². The quantitative estimate of drug-likeness (QED) is 0.305. The fourth-order valence-corrected chi connectivity index (χ4v) is 1.94. The Balaban J connectivity index is 2.43. The molecule has 1 rings (SSSR count). The van der Waals surface area contributed by atoms with Gasteiger partial charge in [0.2, 0.25) is 0 Å². The van der Waals surface area contributed by atoms with Gasteiger partial charge in [0, 0.05) is 31.7 Å². The molecular weight excluding hydrogens is 194 g/mol. The summed E-state index contributed by atoms with van der Waals surface area (Å²) >= 11 is 0. The highest BCUT2D eigenvalue weighted by Gasteiger charge is 2.24. The van der Waals surface area contributed by atoms with Crippen molar-refractivity contribution in [3.63, 3.8) is 0 Å². The van der Waals surface area contributed by atoms with E-state index in [2.05, 4.69) is 23.9 Å². The summed E-state index contributed by atoms with van der Waals surface area (Å²) in [5.41, 5.74) is 5.46. The zero-order valence-electron chi connectivity index (χ0n) is 9.52. The maximum absolute atomic E-state index is 8.47. The third-order valence-corrected chi connectivity index (χ3v) is 2.79. The second kappa shape index (κ2) is 5.92. The van der Waals surface area contributed by atoms with Crippen molar-refractivity contribution < 1.29 is 9.94 Å². The predicted octanol–water partition coefficient (Wildman–Crippen LogP) is 0.622. The van der Waals surface area contributed by atoms with Crippen LogP contribution in [0.1, 0.15) is 26.7 Å². The first kappa shape index (κ1) is 12.3. The molecule has 1 unspecified atom stereocenters. The van der Waals surface area contributed by atoms with Gasteiger partial charge in [0.1, 0.15) is 5.84 Å². The molecule has 0 aliphatic carbocycles. The van der Waals surface area contributed by atoms with Crippen molar-refractivity contribution in [3.8, 4) is 0 Å². The molecule has 5 heteroatoms. The van der Waals surface area contributed by atoms with E-state index < -0.39 is 0 Å². The van der Waals surface area contributed by atoms with Crippen LogP contribution in [0, 0.1) is 0 Å². The van der Waals surface area contributed by atoms with E-state index in [1.165, 1.54) is 0 Å². The lowest BCUT2D eigenvalue weighted by molar-refractivity contribution is 0.123. The van der Waals surface area contributed by atoms with Crippen LogP contribution in [0.2, 0.25) is 0 Å². The normalized spacial score (nSPS) is 22.9. The third kappa shape index (κ3) is 3.68. The fourth-order valence-electron chi connectivity index (χ4n) is 1.94. The highest BCUT2D eigenvalue weighted by Crippen LogP contribution is 2.15. The second-order valence-electron chi connectivity index (χ2n) is 4.19. The first-order valence-electron chi connectivity index (χ1n) is 5.45. The highest BCUT2D eigenvalue weighted by molar-refractivity contribution is 5.79. The van der Waals surface area contributed by atoms with Crippen molar-refractivity contribution in [3.05, 3.63) is 0 Å². The maximum Gasteiger partial charge on any atom is 0.140 e. The molecule has 0 aromatic heterocycles. The molecule has 5 nitrogen and oxygen atoms in total. The molecule has 0 radical (unpaired) electrons. The second-order valence-corrected chi connectivity index (χ2v) is 4.19. The third-order valence-electron chi connectivity index (χ3n) is 2.79. The maximum atomic E-state index is 8.47. The van der Waals surface area contributed by atoms with Gasteiger partial charge in [-0.05, 0) is 20.3 Å². The SMILES string of the molecule is CC(C)N(CCC(N)=NO)C1CCOC1. The average Bonchev–Trinajstić information content (AvgIpc) is 2.70. The first-order valence-corrected chi connectivity index (χ1v) is 5.45. The lowest BCUT2D eigenvalue weighted by Gasteiger charge is -2.31. The van der Waals surface area contributed by atoms with E-state index in [4.69, 9.17) is 15.7 Å². The van der Waals surface area contributed by atoms with Crippen molar-refractivity contribution in [2.24, 2.45) is 10.9 Å². The number of hydrogen-bond acceptors (Lipinski definition) is 4. The van der Waals surface area contributed by atoms with E-state index in [1.807, 2.05) is 0 Å². The van der Waals surface area contributed by atoms with Crippen molar-refractivity contribution in [2.75, 3.05) is 19.8 Å². The van der Waals surface area contributed by atoms with Gasteiger partial charge >= 0.3 is 0 Å². The van der Waals surface area contributed by atoms with Gasteiger partial charge in [-0.1, -0.05) is 5.16 Å². The van der Waals surface area contributed by atoms with Gasteiger partial charge in [0.15, 0.2) is 0 Å². The molecule has 88 valence electrons. The van der Waals surface area contributed by atoms with Crippen LogP contribution >= 0.6 is 0 Å². The smallest absolute Gasteiger partial charge is 0.140 e. The Labute approximate surface area is 90.9 Å². The molecule has 1 saturated heterocycles. The summed E-state index contributed by atoms with van der Waals surface area (Å²) in [4.78, 5) is 2.35. The molecular formula is C10H21N3O2. The van der Waals surface area contributed by atoms with Crippen LogP contribution in [0.3, 0.4) is 0 Å². The summed E-state index contributed by atoms with van der Waals surface area (Å²) in [6, 6.07) is 0.944. The molecule has 0 spiro atoms.